The Morgan fingerprint density at radius 3 is 2.05 bits per heavy atom. The van der Waals surface area contributed by atoms with E-state index in [1.165, 1.54) is 12.1 Å². The van der Waals surface area contributed by atoms with Crippen molar-refractivity contribution in [1.82, 2.24) is 4.90 Å². The smallest absolute Gasteiger partial charge is 0.262 e. The van der Waals surface area contributed by atoms with Crippen molar-refractivity contribution in [3.05, 3.63) is 35.4 Å². The highest BCUT2D eigenvalue weighted by molar-refractivity contribution is 6.22. The molecule has 0 bridgehead atoms. The van der Waals surface area contributed by atoms with Crippen LogP contribution in [0.4, 0.5) is 0 Å². The minimum absolute atomic E-state index is 0.252. The largest absolute Gasteiger partial charge is 0.548 e. The molecule has 0 saturated carbocycles. The van der Waals surface area contributed by atoms with Crippen LogP contribution in [0, 0.1) is 5.92 Å². The first kappa shape index (κ1) is 13.3. The average Bonchev–Trinajstić information content (AvgIpc) is 2.64. The molecule has 0 radical (unpaired) electrons. The summed E-state index contributed by atoms with van der Waals surface area (Å²) in [5.74, 6) is -2.87. The fourth-order valence-electron chi connectivity index (χ4n) is 2.28. The SMILES string of the molecule is CC[C@H](C)[C@@H](C(=O)[O-])N1C(=O)c2ccccc2C1=O. The van der Waals surface area contributed by atoms with E-state index >= 15 is 0 Å². The molecule has 0 saturated heterocycles. The Kier molecular flexibility index (Phi) is 3.38. The highest BCUT2D eigenvalue weighted by Crippen LogP contribution is 2.27. The number of imide groups is 1. The molecule has 1 heterocycles. The zero-order valence-electron chi connectivity index (χ0n) is 10.8. The van der Waals surface area contributed by atoms with Crippen molar-refractivity contribution >= 4 is 17.8 Å². The molecule has 2 rings (SSSR count). The molecule has 5 nitrogen and oxygen atoms in total. The molecule has 0 N–H and O–H groups in total. The van der Waals surface area contributed by atoms with Gasteiger partial charge in [0.2, 0.25) is 0 Å². The Balaban J connectivity index is 2.45. The lowest BCUT2D eigenvalue weighted by atomic mass is 9.98. The first-order valence-corrected chi connectivity index (χ1v) is 6.16. The summed E-state index contributed by atoms with van der Waals surface area (Å²) in [6, 6.07) is 5.12. The van der Waals surface area contributed by atoms with E-state index < -0.39 is 23.8 Å². The topological polar surface area (TPSA) is 77.5 Å². The second-order valence-corrected chi connectivity index (χ2v) is 4.68. The fourth-order valence-corrected chi connectivity index (χ4v) is 2.28. The van der Waals surface area contributed by atoms with E-state index in [-0.39, 0.29) is 17.0 Å². The van der Waals surface area contributed by atoms with Gasteiger partial charge in [-0.1, -0.05) is 32.4 Å². The summed E-state index contributed by atoms with van der Waals surface area (Å²) in [6.07, 6.45) is 0.534. The molecule has 1 aromatic rings. The predicted octanol–water partition coefficient (Wildman–Crippen LogP) is 0.447. The van der Waals surface area contributed by atoms with Gasteiger partial charge in [0, 0.05) is 0 Å². The zero-order valence-corrected chi connectivity index (χ0v) is 10.8. The van der Waals surface area contributed by atoms with E-state index in [9.17, 15) is 19.5 Å². The van der Waals surface area contributed by atoms with Crippen LogP contribution in [-0.2, 0) is 4.79 Å². The molecule has 5 heteroatoms. The standard InChI is InChI=1S/C14H15NO4/c1-3-8(2)11(14(18)19)15-12(16)9-6-4-5-7-10(9)13(15)17/h4-8,11H,3H2,1-2H3,(H,18,19)/p-1/t8-,11-/m0/s1. The Morgan fingerprint density at radius 2 is 1.68 bits per heavy atom. The quantitative estimate of drug-likeness (QED) is 0.736. The van der Waals surface area contributed by atoms with Crippen LogP contribution in [0.25, 0.3) is 0 Å². The van der Waals surface area contributed by atoms with E-state index in [4.69, 9.17) is 0 Å². The van der Waals surface area contributed by atoms with Gasteiger partial charge in [0.15, 0.2) is 0 Å². The minimum atomic E-state index is -1.40. The van der Waals surface area contributed by atoms with E-state index in [0.717, 1.165) is 4.90 Å². The first-order valence-electron chi connectivity index (χ1n) is 6.16. The van der Waals surface area contributed by atoms with Crippen LogP contribution in [0.3, 0.4) is 0 Å². The van der Waals surface area contributed by atoms with Crippen LogP contribution in [0.15, 0.2) is 24.3 Å². The molecule has 0 aliphatic carbocycles. The molecule has 0 aromatic heterocycles. The lowest BCUT2D eigenvalue weighted by molar-refractivity contribution is -0.311. The second-order valence-electron chi connectivity index (χ2n) is 4.68. The number of rotatable bonds is 4. The lowest BCUT2D eigenvalue weighted by Crippen LogP contribution is -2.53. The van der Waals surface area contributed by atoms with Gasteiger partial charge in [0.1, 0.15) is 0 Å². The van der Waals surface area contributed by atoms with Gasteiger partial charge in [-0.3, -0.25) is 14.5 Å². The molecule has 0 fully saturated rings. The molecule has 1 aliphatic heterocycles. The number of hydrogen-bond acceptors (Lipinski definition) is 4. The number of fused-ring (bicyclic) bond motifs is 1. The number of carbonyl (C=O) groups is 3. The van der Waals surface area contributed by atoms with Crippen LogP contribution < -0.4 is 5.11 Å². The Morgan fingerprint density at radius 1 is 1.21 bits per heavy atom. The monoisotopic (exact) mass is 260 g/mol. The van der Waals surface area contributed by atoms with Gasteiger partial charge in [-0.25, -0.2) is 0 Å². The molecule has 2 amide bonds. The van der Waals surface area contributed by atoms with Gasteiger partial charge >= 0.3 is 0 Å². The van der Waals surface area contributed by atoms with Gasteiger partial charge in [-0.05, 0) is 18.1 Å². The highest BCUT2D eigenvalue weighted by Gasteiger charge is 2.41. The van der Waals surface area contributed by atoms with Crippen molar-refractivity contribution in [2.24, 2.45) is 5.92 Å². The third-order valence-corrected chi connectivity index (χ3v) is 3.53. The van der Waals surface area contributed by atoms with Gasteiger partial charge < -0.3 is 9.90 Å². The van der Waals surface area contributed by atoms with E-state index in [1.54, 1.807) is 26.0 Å². The number of amides is 2. The summed E-state index contributed by atoms with van der Waals surface area (Å²) in [5.41, 5.74) is 0.504. The number of nitrogens with zero attached hydrogens (tertiary/aromatic N) is 1. The Labute approximate surface area is 110 Å². The minimum Gasteiger partial charge on any atom is -0.548 e. The van der Waals surface area contributed by atoms with Gasteiger partial charge in [0.25, 0.3) is 11.8 Å². The summed E-state index contributed by atoms with van der Waals surface area (Å²) < 4.78 is 0. The average molecular weight is 260 g/mol. The molecule has 100 valence electrons. The lowest BCUT2D eigenvalue weighted by Gasteiger charge is -2.31. The molecule has 0 spiro atoms. The predicted molar refractivity (Wildman–Crippen MR) is 65.2 cm³/mol. The molecule has 0 unspecified atom stereocenters. The highest BCUT2D eigenvalue weighted by atomic mass is 16.4. The third kappa shape index (κ3) is 2.01. The summed E-state index contributed by atoms with van der Waals surface area (Å²) in [6.45, 7) is 3.49. The van der Waals surface area contributed by atoms with E-state index in [2.05, 4.69) is 0 Å². The number of benzene rings is 1. The molecule has 19 heavy (non-hydrogen) atoms. The molecular weight excluding hydrogens is 246 g/mol. The van der Waals surface area contributed by atoms with Crippen LogP contribution in [-0.4, -0.2) is 28.7 Å². The summed E-state index contributed by atoms with van der Waals surface area (Å²) >= 11 is 0. The number of carboxylic acid groups (broad SMARTS) is 1. The summed E-state index contributed by atoms with van der Waals surface area (Å²) in [5, 5.41) is 11.3. The number of carbonyl (C=O) groups excluding carboxylic acids is 3. The number of carboxylic acids is 1. The first-order chi connectivity index (χ1) is 8.99. The normalized spacial score (nSPS) is 17.3. The number of aliphatic carboxylic acids is 1. The molecular formula is C14H14NO4-. The maximum absolute atomic E-state index is 12.2. The van der Waals surface area contributed by atoms with Crippen molar-refractivity contribution in [2.75, 3.05) is 0 Å². The Hall–Kier alpha value is -2.17. The van der Waals surface area contributed by atoms with Crippen LogP contribution in [0.2, 0.25) is 0 Å². The van der Waals surface area contributed by atoms with Crippen LogP contribution in [0.5, 0.6) is 0 Å². The third-order valence-electron chi connectivity index (χ3n) is 3.53. The van der Waals surface area contributed by atoms with Crippen molar-refractivity contribution < 1.29 is 19.5 Å². The van der Waals surface area contributed by atoms with Crippen molar-refractivity contribution in [3.8, 4) is 0 Å². The Bertz CT molecular complexity index is 517. The maximum atomic E-state index is 12.2. The molecule has 1 aromatic carbocycles. The van der Waals surface area contributed by atoms with Crippen molar-refractivity contribution in [2.45, 2.75) is 26.3 Å². The molecule has 2 atom stereocenters. The van der Waals surface area contributed by atoms with Crippen molar-refractivity contribution in [1.29, 1.82) is 0 Å². The summed E-state index contributed by atoms with van der Waals surface area (Å²) in [4.78, 5) is 36.5. The zero-order chi connectivity index (χ0) is 14.2. The van der Waals surface area contributed by atoms with Crippen molar-refractivity contribution in [3.63, 3.8) is 0 Å². The fraction of sp³-hybridized carbons (Fsp3) is 0.357. The summed E-state index contributed by atoms with van der Waals surface area (Å²) in [7, 11) is 0. The van der Waals surface area contributed by atoms with Crippen LogP contribution in [0.1, 0.15) is 41.0 Å². The van der Waals surface area contributed by atoms with E-state index in [1.807, 2.05) is 0 Å². The molecule has 1 aliphatic rings. The number of hydrogen-bond donors (Lipinski definition) is 0. The maximum Gasteiger partial charge on any atom is 0.262 e. The van der Waals surface area contributed by atoms with E-state index in [0.29, 0.717) is 6.42 Å². The second kappa shape index (κ2) is 4.84. The van der Waals surface area contributed by atoms with Gasteiger partial charge in [-0.2, -0.15) is 0 Å². The van der Waals surface area contributed by atoms with Crippen LogP contribution >= 0.6 is 0 Å². The van der Waals surface area contributed by atoms with Gasteiger partial charge in [0.05, 0.1) is 23.1 Å². The van der Waals surface area contributed by atoms with Gasteiger partial charge in [-0.15, -0.1) is 0 Å².